The van der Waals surface area contributed by atoms with Crippen LogP contribution in [0.15, 0.2) is 22.2 Å². The van der Waals surface area contributed by atoms with Gasteiger partial charge < -0.3 is 20.1 Å². The summed E-state index contributed by atoms with van der Waals surface area (Å²) in [5.41, 5.74) is -0.251. The quantitative estimate of drug-likeness (QED) is 0.475. The number of fused-ring (bicyclic) bond motifs is 1. The average molecular weight is 419 g/mol. The van der Waals surface area contributed by atoms with Gasteiger partial charge in [0.05, 0.1) is 36.3 Å². The molecule has 3 atom stereocenters. The van der Waals surface area contributed by atoms with Crippen LogP contribution < -0.4 is 10.4 Å². The van der Waals surface area contributed by atoms with Gasteiger partial charge in [0.2, 0.25) is 11.8 Å². The number of rotatable bonds is 9. The summed E-state index contributed by atoms with van der Waals surface area (Å²) < 4.78 is 32.6. The van der Waals surface area contributed by atoms with Gasteiger partial charge in [-0.3, -0.25) is 9.59 Å². The smallest absolute Gasteiger partial charge is 0.400 e. The number of carboxylic acid groups (broad SMARTS) is 1. The van der Waals surface area contributed by atoms with Crippen LogP contribution in [-0.2, 0) is 33.1 Å². The predicted molar refractivity (Wildman–Crippen MR) is 92.4 cm³/mol. The normalized spacial score (nSPS) is 23.4. The van der Waals surface area contributed by atoms with Crippen molar-refractivity contribution in [1.82, 2.24) is 10.2 Å². The van der Waals surface area contributed by atoms with E-state index in [2.05, 4.69) is 9.50 Å². The van der Waals surface area contributed by atoms with Crippen LogP contribution in [0, 0.1) is 5.92 Å². The van der Waals surface area contributed by atoms with E-state index in [1.807, 2.05) is 0 Å². The van der Waals surface area contributed by atoms with Crippen molar-refractivity contribution in [3.8, 4) is 0 Å². The van der Waals surface area contributed by atoms with Crippen molar-refractivity contribution in [2.24, 2.45) is 5.92 Å². The molecule has 12 heteroatoms. The number of nitrogens with zero attached hydrogens (tertiary/aromatic N) is 1. The van der Waals surface area contributed by atoms with Crippen molar-refractivity contribution >= 4 is 39.9 Å². The minimum atomic E-state index is -4.24. The van der Waals surface area contributed by atoms with Crippen LogP contribution in [0.4, 0.5) is 0 Å². The molecule has 10 nitrogen and oxygen atoms in total. The molecule has 0 saturated carbocycles. The third kappa shape index (κ3) is 4.69. The Morgan fingerprint density at radius 2 is 2.15 bits per heavy atom. The molecule has 0 radical (unpaired) electrons. The Bertz CT molecular complexity index is 805. The number of amides is 2. The largest absolute Gasteiger partial charge is 0.543 e. The highest BCUT2D eigenvalue weighted by Gasteiger charge is 2.56. The minimum Gasteiger partial charge on any atom is -0.543 e. The van der Waals surface area contributed by atoms with Crippen molar-refractivity contribution in [2.45, 2.75) is 39.3 Å². The van der Waals surface area contributed by atoms with Crippen LogP contribution in [0.2, 0.25) is 0 Å². The molecule has 0 aromatic heterocycles. The topological polar surface area (TPSA) is 142 Å². The van der Waals surface area contributed by atoms with Crippen LogP contribution in [0.25, 0.3) is 0 Å². The number of carbonyl (C=O) groups excluding carboxylic acids is 3. The lowest BCUT2D eigenvalue weighted by Crippen LogP contribution is -2.63. The zero-order chi connectivity index (χ0) is 20.4. The van der Waals surface area contributed by atoms with Crippen LogP contribution in [-0.4, -0.2) is 49.9 Å². The first-order valence-corrected chi connectivity index (χ1v) is 10.2. The van der Waals surface area contributed by atoms with E-state index in [9.17, 15) is 27.9 Å². The summed E-state index contributed by atoms with van der Waals surface area (Å²) in [7, 11) is -4.24. The monoisotopic (exact) mass is 419 g/mol. The van der Waals surface area contributed by atoms with Crippen LogP contribution in [0.1, 0.15) is 27.2 Å². The van der Waals surface area contributed by atoms with Gasteiger partial charge in [-0.1, -0.05) is 11.8 Å². The summed E-state index contributed by atoms with van der Waals surface area (Å²) in [4.78, 5) is 36.2. The summed E-state index contributed by atoms with van der Waals surface area (Å²) in [6.07, 6.45) is 0.539. The number of hydrogen-bond acceptors (Lipinski definition) is 9. The van der Waals surface area contributed by atoms with Crippen molar-refractivity contribution in [2.75, 3.05) is 6.61 Å². The second kappa shape index (κ2) is 8.42. The molecule has 2 amide bonds. The highest BCUT2D eigenvalue weighted by atomic mass is 32.3. The average Bonchev–Trinajstić information content (AvgIpc) is 2.85. The Morgan fingerprint density at radius 1 is 1.48 bits per heavy atom. The molecular formula is C15H19N2O8S2-. The number of β-lactam (4-membered cyclic amide) rings is 1. The zero-order valence-electron chi connectivity index (χ0n) is 14.8. The highest BCUT2D eigenvalue weighted by Crippen LogP contribution is 2.47. The number of carbonyl (C=O) groups is 3. The molecule has 1 fully saturated rings. The van der Waals surface area contributed by atoms with E-state index in [1.54, 1.807) is 0 Å². The van der Waals surface area contributed by atoms with Crippen LogP contribution >= 0.6 is 11.8 Å². The fourth-order valence-corrected chi connectivity index (χ4v) is 4.69. The Balaban J connectivity index is 2.11. The SMILES string of the molecule is CCOS(=O)(=O)O[C@@H](C)[C@@H]1C(=O)N2C(C(=O)[O-])=C(S/C=C/NC(C)=O)C[C@H]12. The summed E-state index contributed by atoms with van der Waals surface area (Å²) in [6, 6.07) is -0.547. The molecule has 0 bridgehead atoms. The highest BCUT2D eigenvalue weighted by molar-refractivity contribution is 8.05. The van der Waals surface area contributed by atoms with Gasteiger partial charge in [0, 0.05) is 24.4 Å². The molecule has 2 heterocycles. The van der Waals surface area contributed by atoms with Crippen molar-refractivity contribution in [1.29, 1.82) is 0 Å². The van der Waals surface area contributed by atoms with E-state index in [4.69, 9.17) is 4.18 Å². The molecule has 0 aromatic carbocycles. The van der Waals surface area contributed by atoms with Crippen LogP contribution in [0.5, 0.6) is 0 Å². The summed E-state index contributed by atoms with van der Waals surface area (Å²) >= 11 is 1.03. The molecule has 1 N–H and O–H groups in total. The number of aliphatic carboxylic acids is 1. The number of nitrogens with one attached hydrogen (secondary N) is 1. The van der Waals surface area contributed by atoms with Crippen molar-refractivity contribution in [3.05, 3.63) is 22.2 Å². The lowest BCUT2D eigenvalue weighted by Gasteiger charge is -2.46. The molecular weight excluding hydrogens is 400 g/mol. The predicted octanol–water partition coefficient (Wildman–Crippen LogP) is -0.794. The first-order chi connectivity index (χ1) is 12.6. The molecule has 2 aliphatic heterocycles. The van der Waals surface area contributed by atoms with E-state index >= 15 is 0 Å². The van der Waals surface area contributed by atoms with Crippen molar-refractivity contribution in [3.63, 3.8) is 0 Å². The lowest BCUT2D eigenvalue weighted by atomic mass is 9.83. The molecule has 0 unspecified atom stereocenters. The van der Waals surface area contributed by atoms with Crippen molar-refractivity contribution < 1.29 is 36.3 Å². The van der Waals surface area contributed by atoms with Crippen LogP contribution in [0.3, 0.4) is 0 Å². The maximum atomic E-state index is 12.4. The fraction of sp³-hybridized carbons (Fsp3) is 0.533. The third-order valence-electron chi connectivity index (χ3n) is 3.96. The van der Waals surface area contributed by atoms with E-state index in [-0.39, 0.29) is 24.6 Å². The van der Waals surface area contributed by atoms with E-state index < -0.39 is 40.3 Å². The Morgan fingerprint density at radius 3 is 2.70 bits per heavy atom. The molecule has 0 aromatic rings. The Kier molecular flexibility index (Phi) is 6.68. The summed E-state index contributed by atoms with van der Waals surface area (Å²) in [6.45, 7) is 4.11. The molecule has 2 aliphatic rings. The van der Waals surface area contributed by atoms with E-state index in [0.29, 0.717) is 4.91 Å². The molecule has 150 valence electrons. The van der Waals surface area contributed by atoms with E-state index in [0.717, 1.165) is 16.7 Å². The summed E-state index contributed by atoms with van der Waals surface area (Å²) in [5.74, 6) is -3.17. The minimum absolute atomic E-state index is 0.110. The van der Waals surface area contributed by atoms with Gasteiger partial charge in [0.15, 0.2) is 0 Å². The standard InChI is InChI=1S/C15H20N2O8S2/c1-4-24-27(22,23)25-8(2)12-10-7-11(26-6-5-16-9(3)18)13(15(20)21)17(10)14(12)19/h5-6,8,10,12H,4,7H2,1-3H3,(H,16,18)(H,20,21)/p-1/b6-5+/t8-,10+,12-/m0/s1. The van der Waals surface area contributed by atoms with Gasteiger partial charge in [0.1, 0.15) is 0 Å². The number of carboxylic acids is 1. The number of thioether (sulfide) groups is 1. The molecule has 0 spiro atoms. The third-order valence-corrected chi connectivity index (χ3v) is 5.94. The zero-order valence-corrected chi connectivity index (χ0v) is 16.5. The van der Waals surface area contributed by atoms with E-state index in [1.165, 1.54) is 32.4 Å². The van der Waals surface area contributed by atoms with Gasteiger partial charge in [0.25, 0.3) is 0 Å². The second-order valence-electron chi connectivity index (χ2n) is 5.80. The maximum absolute atomic E-state index is 12.4. The second-order valence-corrected chi connectivity index (χ2v) is 8.05. The first kappa shape index (κ1) is 21.4. The summed E-state index contributed by atoms with van der Waals surface area (Å²) in [5, 5.41) is 15.4. The maximum Gasteiger partial charge on any atom is 0.400 e. The molecule has 27 heavy (non-hydrogen) atoms. The Hall–Kier alpha value is -1.89. The van der Waals surface area contributed by atoms with Gasteiger partial charge >= 0.3 is 10.4 Å². The molecule has 0 aliphatic carbocycles. The van der Waals surface area contributed by atoms with Gasteiger partial charge in [-0.15, -0.1) is 0 Å². The molecule has 1 saturated heterocycles. The number of hydrogen-bond donors (Lipinski definition) is 1. The fourth-order valence-electron chi connectivity index (χ4n) is 3.00. The molecule has 2 rings (SSSR count). The van der Waals surface area contributed by atoms with Gasteiger partial charge in [-0.2, -0.15) is 8.42 Å². The van der Waals surface area contributed by atoms with Gasteiger partial charge in [-0.25, -0.2) is 8.37 Å². The van der Waals surface area contributed by atoms with Gasteiger partial charge in [-0.05, 0) is 19.3 Å². The first-order valence-electron chi connectivity index (χ1n) is 8.03. The lowest BCUT2D eigenvalue weighted by molar-refractivity contribution is -0.301. The Labute approximate surface area is 160 Å².